The van der Waals surface area contributed by atoms with Crippen molar-refractivity contribution in [1.29, 1.82) is 0 Å². The first-order chi connectivity index (χ1) is 11.7. The van der Waals surface area contributed by atoms with Gasteiger partial charge in [-0.3, -0.25) is 10.1 Å². The molecule has 4 aromatic rings. The molecular formula is C17H14N4O3. The first-order valence-electron chi connectivity index (χ1n) is 7.44. The Labute approximate surface area is 136 Å². The van der Waals surface area contributed by atoms with Gasteiger partial charge in [-0.15, -0.1) is 0 Å². The third kappa shape index (κ3) is 2.67. The van der Waals surface area contributed by atoms with E-state index in [1.54, 1.807) is 25.3 Å². The first kappa shape index (κ1) is 14.3. The third-order valence-corrected chi connectivity index (χ3v) is 3.60. The number of aryl methyl sites for hydroxylation is 1. The number of oxazole rings is 1. The van der Waals surface area contributed by atoms with E-state index in [0.29, 0.717) is 29.1 Å². The van der Waals surface area contributed by atoms with Crippen molar-refractivity contribution in [3.05, 3.63) is 54.1 Å². The van der Waals surface area contributed by atoms with Crippen molar-refractivity contribution in [1.82, 2.24) is 15.0 Å². The zero-order valence-corrected chi connectivity index (χ0v) is 12.9. The van der Waals surface area contributed by atoms with Crippen LogP contribution in [0, 0.1) is 6.92 Å². The molecule has 3 aromatic heterocycles. The highest BCUT2D eigenvalue weighted by Gasteiger charge is 2.17. The average molecular weight is 322 g/mol. The number of hydrogen-bond donors (Lipinski definition) is 2. The molecule has 0 fully saturated rings. The SMILES string of the molecule is Cc1oc(-c2ccco2)nc1CC(=O)Nc1nc2ccccc2[nH]1. The van der Waals surface area contributed by atoms with Crippen LogP contribution in [0.5, 0.6) is 0 Å². The van der Waals surface area contributed by atoms with E-state index in [9.17, 15) is 4.79 Å². The van der Waals surface area contributed by atoms with Crippen LogP contribution in [0.1, 0.15) is 11.5 Å². The van der Waals surface area contributed by atoms with Crippen LogP contribution in [0.4, 0.5) is 5.95 Å². The second-order valence-electron chi connectivity index (χ2n) is 5.33. The Bertz CT molecular complexity index is 965. The molecule has 120 valence electrons. The standard InChI is InChI=1S/C17H14N4O3/c1-10-13(18-16(24-10)14-7-4-8-23-14)9-15(22)21-17-19-11-5-2-3-6-12(11)20-17/h2-8H,9H2,1H3,(H2,19,20,21,22). The number of imidazole rings is 1. The van der Waals surface area contributed by atoms with E-state index in [4.69, 9.17) is 8.83 Å². The first-order valence-corrected chi connectivity index (χ1v) is 7.44. The summed E-state index contributed by atoms with van der Waals surface area (Å²) in [5.41, 5.74) is 2.23. The number of carbonyl (C=O) groups is 1. The van der Waals surface area contributed by atoms with Crippen LogP contribution < -0.4 is 5.32 Å². The van der Waals surface area contributed by atoms with E-state index in [1.165, 1.54) is 0 Å². The number of hydrogen-bond acceptors (Lipinski definition) is 5. The summed E-state index contributed by atoms with van der Waals surface area (Å²) < 4.78 is 10.8. The minimum atomic E-state index is -0.226. The Morgan fingerprint density at radius 2 is 2.08 bits per heavy atom. The number of nitrogens with zero attached hydrogens (tertiary/aromatic N) is 2. The van der Waals surface area contributed by atoms with Crippen LogP contribution in [0.2, 0.25) is 0 Å². The molecule has 0 bridgehead atoms. The van der Waals surface area contributed by atoms with Crippen molar-refractivity contribution in [2.75, 3.05) is 5.32 Å². The van der Waals surface area contributed by atoms with Crippen molar-refractivity contribution < 1.29 is 13.6 Å². The molecule has 7 nitrogen and oxygen atoms in total. The van der Waals surface area contributed by atoms with E-state index in [0.717, 1.165) is 11.0 Å². The number of amides is 1. The smallest absolute Gasteiger partial charge is 0.263 e. The van der Waals surface area contributed by atoms with E-state index in [1.807, 2.05) is 24.3 Å². The second-order valence-corrected chi connectivity index (χ2v) is 5.33. The molecule has 24 heavy (non-hydrogen) atoms. The summed E-state index contributed by atoms with van der Waals surface area (Å²) in [6.07, 6.45) is 1.63. The van der Waals surface area contributed by atoms with E-state index < -0.39 is 0 Å². The third-order valence-electron chi connectivity index (χ3n) is 3.60. The fraction of sp³-hybridized carbons (Fsp3) is 0.118. The molecule has 1 amide bonds. The van der Waals surface area contributed by atoms with Gasteiger partial charge in [0.05, 0.1) is 29.4 Å². The number of anilines is 1. The van der Waals surface area contributed by atoms with Gasteiger partial charge in [0.25, 0.3) is 5.89 Å². The topological polar surface area (TPSA) is 96.9 Å². The van der Waals surface area contributed by atoms with Crippen molar-refractivity contribution >= 4 is 22.9 Å². The molecule has 0 spiro atoms. The monoisotopic (exact) mass is 322 g/mol. The van der Waals surface area contributed by atoms with Gasteiger partial charge in [0.1, 0.15) is 5.76 Å². The molecule has 0 radical (unpaired) electrons. The number of para-hydroxylation sites is 2. The predicted molar refractivity (Wildman–Crippen MR) is 87.4 cm³/mol. The van der Waals surface area contributed by atoms with Crippen molar-refractivity contribution in [2.24, 2.45) is 0 Å². The molecule has 1 aromatic carbocycles. The van der Waals surface area contributed by atoms with Gasteiger partial charge in [-0.2, -0.15) is 0 Å². The number of furan rings is 1. The quantitative estimate of drug-likeness (QED) is 0.601. The lowest BCUT2D eigenvalue weighted by Gasteiger charge is -1.99. The Morgan fingerprint density at radius 1 is 1.21 bits per heavy atom. The predicted octanol–water partition coefficient (Wildman–Crippen LogP) is 3.30. The van der Waals surface area contributed by atoms with Crippen LogP contribution >= 0.6 is 0 Å². The van der Waals surface area contributed by atoms with Crippen LogP contribution in [-0.4, -0.2) is 20.9 Å². The molecule has 3 heterocycles. The van der Waals surface area contributed by atoms with E-state index in [2.05, 4.69) is 20.3 Å². The van der Waals surface area contributed by atoms with Gasteiger partial charge in [-0.05, 0) is 31.2 Å². The van der Waals surface area contributed by atoms with Gasteiger partial charge < -0.3 is 13.8 Å². The molecule has 4 rings (SSSR count). The Morgan fingerprint density at radius 3 is 2.88 bits per heavy atom. The fourth-order valence-electron chi connectivity index (χ4n) is 2.44. The zero-order valence-electron chi connectivity index (χ0n) is 12.9. The van der Waals surface area contributed by atoms with Gasteiger partial charge in [-0.1, -0.05) is 12.1 Å². The number of H-pyrrole nitrogens is 1. The highest BCUT2D eigenvalue weighted by molar-refractivity contribution is 5.92. The molecule has 0 saturated carbocycles. The number of benzene rings is 1. The number of rotatable bonds is 4. The highest BCUT2D eigenvalue weighted by atomic mass is 16.4. The van der Waals surface area contributed by atoms with E-state index >= 15 is 0 Å². The van der Waals surface area contributed by atoms with Crippen LogP contribution in [0.3, 0.4) is 0 Å². The summed E-state index contributed by atoms with van der Waals surface area (Å²) in [4.78, 5) is 23.9. The maximum Gasteiger partial charge on any atom is 0.263 e. The minimum absolute atomic E-state index is 0.0904. The summed E-state index contributed by atoms with van der Waals surface area (Å²) in [7, 11) is 0. The molecule has 0 unspecified atom stereocenters. The van der Waals surface area contributed by atoms with Crippen LogP contribution in [0.25, 0.3) is 22.7 Å². The number of aromatic amines is 1. The van der Waals surface area contributed by atoms with Gasteiger partial charge in [0, 0.05) is 0 Å². The summed E-state index contributed by atoms with van der Waals surface area (Å²) in [6, 6.07) is 11.1. The van der Waals surface area contributed by atoms with Gasteiger partial charge in [0.2, 0.25) is 11.9 Å². The lowest BCUT2D eigenvalue weighted by Crippen LogP contribution is -2.16. The maximum absolute atomic E-state index is 12.2. The Hall–Kier alpha value is -3.35. The van der Waals surface area contributed by atoms with E-state index in [-0.39, 0.29) is 12.3 Å². The van der Waals surface area contributed by atoms with Gasteiger partial charge >= 0.3 is 0 Å². The summed E-state index contributed by atoms with van der Waals surface area (Å²) in [5.74, 6) is 1.66. The normalized spacial score (nSPS) is 11.0. The summed E-state index contributed by atoms with van der Waals surface area (Å²) >= 11 is 0. The molecule has 0 aliphatic carbocycles. The molecule has 0 atom stereocenters. The highest BCUT2D eigenvalue weighted by Crippen LogP contribution is 2.22. The number of nitrogens with one attached hydrogen (secondary N) is 2. The van der Waals surface area contributed by atoms with Crippen molar-refractivity contribution in [2.45, 2.75) is 13.3 Å². The van der Waals surface area contributed by atoms with Gasteiger partial charge in [0.15, 0.2) is 5.76 Å². The number of aromatic nitrogens is 3. The molecule has 0 saturated heterocycles. The number of carbonyl (C=O) groups excluding carboxylic acids is 1. The Balaban J connectivity index is 1.50. The molecule has 2 N–H and O–H groups in total. The summed E-state index contributed by atoms with van der Waals surface area (Å²) in [5, 5.41) is 2.74. The largest absolute Gasteiger partial charge is 0.459 e. The Kier molecular flexibility index (Phi) is 3.38. The lowest BCUT2D eigenvalue weighted by molar-refractivity contribution is -0.115. The zero-order chi connectivity index (χ0) is 16.5. The molecular weight excluding hydrogens is 308 g/mol. The molecule has 0 aliphatic heterocycles. The van der Waals surface area contributed by atoms with Crippen molar-refractivity contribution in [3.8, 4) is 11.7 Å². The van der Waals surface area contributed by atoms with Gasteiger partial charge in [-0.25, -0.2) is 9.97 Å². The molecule has 7 heteroatoms. The minimum Gasteiger partial charge on any atom is -0.459 e. The van der Waals surface area contributed by atoms with Crippen LogP contribution in [-0.2, 0) is 11.2 Å². The fourth-order valence-corrected chi connectivity index (χ4v) is 2.44. The lowest BCUT2D eigenvalue weighted by atomic mass is 10.2. The number of fused-ring (bicyclic) bond motifs is 1. The van der Waals surface area contributed by atoms with Crippen LogP contribution in [0.15, 0.2) is 51.5 Å². The second kappa shape index (κ2) is 5.69. The average Bonchev–Trinajstić information content (AvgIpc) is 3.27. The summed E-state index contributed by atoms with van der Waals surface area (Å²) in [6.45, 7) is 1.77. The molecule has 0 aliphatic rings. The van der Waals surface area contributed by atoms with Crippen molar-refractivity contribution in [3.63, 3.8) is 0 Å². The maximum atomic E-state index is 12.2.